The third-order valence-electron chi connectivity index (χ3n) is 2.99. The van der Waals surface area contributed by atoms with Gasteiger partial charge >= 0.3 is 29.6 Å². The van der Waals surface area contributed by atoms with Gasteiger partial charge in [0.15, 0.2) is 0 Å². The number of rotatable bonds is 8. The Labute approximate surface area is 128 Å². The van der Waals surface area contributed by atoms with E-state index in [1.807, 2.05) is 12.1 Å². The second-order valence-electron chi connectivity index (χ2n) is 4.52. The Morgan fingerprint density at radius 2 is 1.35 bits per heavy atom. The zero-order chi connectivity index (χ0) is 11.6. The summed E-state index contributed by atoms with van der Waals surface area (Å²) in [6.07, 6.45) is 10.5. The topological polar surface area (TPSA) is 23.1 Å². The molecule has 0 saturated carbocycles. The molecule has 0 amide bonds. The molecule has 0 fully saturated rings. The van der Waals surface area contributed by atoms with E-state index in [9.17, 15) is 5.11 Å². The van der Waals surface area contributed by atoms with Crippen LogP contribution in [0, 0.1) is 0 Å². The molecule has 90 valence electrons. The van der Waals surface area contributed by atoms with E-state index in [2.05, 4.69) is 6.92 Å². The SMILES string of the molecule is CCCCCCCCCc1ccc([O-])cc1.[Na+]. The van der Waals surface area contributed by atoms with E-state index in [-0.39, 0.29) is 35.3 Å². The average Bonchev–Trinajstić information content (AvgIpc) is 2.30. The van der Waals surface area contributed by atoms with Crippen LogP contribution in [0.5, 0.6) is 5.75 Å². The Hall–Kier alpha value is 0.0200. The van der Waals surface area contributed by atoms with E-state index in [4.69, 9.17) is 0 Å². The summed E-state index contributed by atoms with van der Waals surface area (Å²) >= 11 is 0. The van der Waals surface area contributed by atoms with Gasteiger partial charge in [-0.25, -0.2) is 0 Å². The molecule has 0 heterocycles. The van der Waals surface area contributed by atoms with Crippen LogP contribution in [0.1, 0.15) is 57.4 Å². The van der Waals surface area contributed by atoms with Crippen molar-refractivity contribution in [1.82, 2.24) is 0 Å². The maximum atomic E-state index is 10.9. The summed E-state index contributed by atoms with van der Waals surface area (Å²) in [5.41, 5.74) is 1.30. The van der Waals surface area contributed by atoms with Crippen molar-refractivity contribution in [3.63, 3.8) is 0 Å². The van der Waals surface area contributed by atoms with Crippen molar-refractivity contribution in [3.8, 4) is 5.75 Å². The minimum atomic E-state index is 0. The first kappa shape index (κ1) is 17.0. The van der Waals surface area contributed by atoms with Crippen LogP contribution in [0.15, 0.2) is 24.3 Å². The second kappa shape index (κ2) is 11.1. The molecule has 0 unspecified atom stereocenters. The minimum Gasteiger partial charge on any atom is -0.872 e. The first-order chi connectivity index (χ1) is 7.83. The largest absolute Gasteiger partial charge is 1.00 e. The normalized spacial score (nSPS) is 9.94. The van der Waals surface area contributed by atoms with Gasteiger partial charge in [-0.15, -0.1) is 5.75 Å². The second-order valence-corrected chi connectivity index (χ2v) is 4.52. The molecule has 1 aromatic carbocycles. The van der Waals surface area contributed by atoms with Crippen molar-refractivity contribution in [2.75, 3.05) is 0 Å². The number of aryl methyl sites for hydroxylation is 1. The Bertz CT molecular complexity index is 269. The summed E-state index contributed by atoms with van der Waals surface area (Å²) in [4.78, 5) is 0. The molecular formula is C15H23NaO. The number of benzene rings is 1. The van der Waals surface area contributed by atoms with Gasteiger partial charge in [-0.2, -0.15) is 0 Å². The average molecular weight is 242 g/mol. The number of hydrogen-bond donors (Lipinski definition) is 0. The van der Waals surface area contributed by atoms with Gasteiger partial charge in [0.25, 0.3) is 0 Å². The standard InChI is InChI=1S/C15H24O.Na/c1-2-3-4-5-6-7-8-9-14-10-12-15(16)13-11-14;/h10-13,16H,2-9H2,1H3;/q;+1/p-1. The van der Waals surface area contributed by atoms with Crippen LogP contribution in [-0.2, 0) is 6.42 Å². The molecule has 0 aliphatic rings. The summed E-state index contributed by atoms with van der Waals surface area (Å²) in [5, 5.41) is 10.9. The maximum absolute atomic E-state index is 10.9. The van der Waals surface area contributed by atoms with Gasteiger partial charge < -0.3 is 5.11 Å². The fourth-order valence-corrected chi connectivity index (χ4v) is 1.94. The predicted octanol–water partition coefficient (Wildman–Crippen LogP) is 1.06. The molecular weight excluding hydrogens is 219 g/mol. The van der Waals surface area contributed by atoms with Crippen LogP contribution in [0.25, 0.3) is 0 Å². The van der Waals surface area contributed by atoms with E-state index in [0.29, 0.717) is 0 Å². The van der Waals surface area contributed by atoms with Crippen molar-refractivity contribution in [1.29, 1.82) is 0 Å². The van der Waals surface area contributed by atoms with Crippen LogP contribution in [0.2, 0.25) is 0 Å². The molecule has 0 atom stereocenters. The maximum Gasteiger partial charge on any atom is 1.00 e. The smallest absolute Gasteiger partial charge is 0.872 e. The summed E-state index contributed by atoms with van der Waals surface area (Å²) < 4.78 is 0. The van der Waals surface area contributed by atoms with Crippen LogP contribution in [0.3, 0.4) is 0 Å². The molecule has 0 radical (unpaired) electrons. The summed E-state index contributed by atoms with van der Waals surface area (Å²) in [6, 6.07) is 7.24. The summed E-state index contributed by atoms with van der Waals surface area (Å²) in [7, 11) is 0. The van der Waals surface area contributed by atoms with Crippen molar-refractivity contribution in [2.24, 2.45) is 0 Å². The van der Waals surface area contributed by atoms with E-state index in [1.165, 1.54) is 50.5 Å². The Morgan fingerprint density at radius 1 is 0.824 bits per heavy atom. The van der Waals surface area contributed by atoms with Gasteiger partial charge in [0.05, 0.1) is 0 Å². The molecule has 0 aliphatic carbocycles. The van der Waals surface area contributed by atoms with E-state index >= 15 is 0 Å². The third kappa shape index (κ3) is 8.70. The van der Waals surface area contributed by atoms with Gasteiger partial charge in [0.1, 0.15) is 0 Å². The number of hydrogen-bond acceptors (Lipinski definition) is 1. The van der Waals surface area contributed by atoms with E-state index in [0.717, 1.165) is 6.42 Å². The molecule has 17 heavy (non-hydrogen) atoms. The van der Waals surface area contributed by atoms with Crippen molar-refractivity contribution in [2.45, 2.75) is 58.3 Å². The summed E-state index contributed by atoms with van der Waals surface area (Å²) in [6.45, 7) is 2.25. The molecule has 2 heteroatoms. The van der Waals surface area contributed by atoms with Gasteiger partial charge in [0, 0.05) is 0 Å². The summed E-state index contributed by atoms with van der Waals surface area (Å²) in [5.74, 6) is 0.114. The Balaban J connectivity index is 0.00000256. The molecule has 1 nitrogen and oxygen atoms in total. The van der Waals surface area contributed by atoms with Gasteiger partial charge in [-0.3, -0.25) is 0 Å². The Morgan fingerprint density at radius 3 is 1.94 bits per heavy atom. The monoisotopic (exact) mass is 242 g/mol. The quantitative estimate of drug-likeness (QED) is 0.494. The predicted molar refractivity (Wildman–Crippen MR) is 67.6 cm³/mol. The molecule has 0 bridgehead atoms. The number of unbranched alkanes of at least 4 members (excludes halogenated alkanes) is 6. The minimum absolute atomic E-state index is 0. The van der Waals surface area contributed by atoms with Crippen molar-refractivity contribution in [3.05, 3.63) is 29.8 Å². The molecule has 1 aromatic rings. The molecule has 0 aliphatic heterocycles. The van der Waals surface area contributed by atoms with E-state index < -0.39 is 0 Å². The van der Waals surface area contributed by atoms with Crippen LogP contribution >= 0.6 is 0 Å². The van der Waals surface area contributed by atoms with Crippen LogP contribution < -0.4 is 34.7 Å². The first-order valence-electron chi connectivity index (χ1n) is 6.59. The fourth-order valence-electron chi connectivity index (χ4n) is 1.94. The fraction of sp³-hybridized carbons (Fsp3) is 0.600. The van der Waals surface area contributed by atoms with E-state index in [1.54, 1.807) is 12.1 Å². The van der Waals surface area contributed by atoms with Gasteiger partial charge in [-0.05, 0) is 18.4 Å². The van der Waals surface area contributed by atoms with Crippen molar-refractivity contribution >= 4 is 0 Å². The molecule has 0 N–H and O–H groups in total. The molecule has 0 aromatic heterocycles. The van der Waals surface area contributed by atoms with Crippen molar-refractivity contribution < 1.29 is 34.7 Å². The zero-order valence-electron chi connectivity index (χ0n) is 11.4. The zero-order valence-corrected chi connectivity index (χ0v) is 13.4. The van der Waals surface area contributed by atoms with Gasteiger partial charge in [-0.1, -0.05) is 69.7 Å². The van der Waals surface area contributed by atoms with Crippen LogP contribution in [-0.4, -0.2) is 0 Å². The van der Waals surface area contributed by atoms with Gasteiger partial charge in [0.2, 0.25) is 0 Å². The Kier molecular flexibility index (Phi) is 11.1. The molecule has 0 spiro atoms. The molecule has 1 rings (SSSR count). The third-order valence-corrected chi connectivity index (χ3v) is 2.99. The van der Waals surface area contributed by atoms with Crippen LogP contribution in [0.4, 0.5) is 0 Å². The first-order valence-corrected chi connectivity index (χ1v) is 6.59. The molecule has 0 saturated heterocycles.